The zero-order chi connectivity index (χ0) is 30.0. The molecule has 246 valence electrons. The Kier molecular flexibility index (Phi) is 10.3. The third kappa shape index (κ3) is 7.38. The van der Waals surface area contributed by atoms with Crippen molar-refractivity contribution in [2.45, 2.75) is 164 Å². The van der Waals surface area contributed by atoms with Crippen molar-refractivity contribution >= 4 is 5.91 Å². The van der Waals surface area contributed by atoms with E-state index >= 15 is 4.39 Å². The quantitative estimate of drug-likeness (QED) is 0.311. The van der Waals surface area contributed by atoms with Crippen LogP contribution in [0.1, 0.15) is 122 Å². The topological polar surface area (TPSA) is 59.6 Å². The van der Waals surface area contributed by atoms with Crippen LogP contribution in [0.5, 0.6) is 0 Å². The van der Waals surface area contributed by atoms with Crippen LogP contribution in [0, 0.1) is 17.8 Å². The Labute approximate surface area is 255 Å². The van der Waals surface area contributed by atoms with Gasteiger partial charge in [0.2, 0.25) is 5.91 Å². The fourth-order valence-corrected chi connectivity index (χ4v) is 9.67. The molecule has 5 atom stereocenters. The lowest BCUT2D eigenvalue weighted by Crippen LogP contribution is -2.78. The van der Waals surface area contributed by atoms with Crippen LogP contribution in [0.3, 0.4) is 0 Å². The van der Waals surface area contributed by atoms with E-state index in [1.54, 1.807) is 0 Å². The van der Waals surface area contributed by atoms with Gasteiger partial charge in [-0.2, -0.15) is 13.2 Å². The highest BCUT2D eigenvalue weighted by Crippen LogP contribution is 2.44. The van der Waals surface area contributed by atoms with E-state index in [9.17, 15) is 18.0 Å². The number of hydrogen-bond acceptors (Lipinski definition) is 5. The Hall–Kier alpha value is -0.970. The molecule has 3 N–H and O–H groups in total. The Balaban J connectivity index is 1.15. The first-order valence-corrected chi connectivity index (χ1v) is 17.8. The summed E-state index contributed by atoms with van der Waals surface area (Å²) in [6.07, 6.45) is 11.2. The Bertz CT molecular complexity index is 911. The normalized spacial score (nSPS) is 38.8. The lowest BCUT2D eigenvalue weighted by molar-refractivity contribution is -0.185. The van der Waals surface area contributed by atoms with Gasteiger partial charge in [-0.25, -0.2) is 4.39 Å². The summed E-state index contributed by atoms with van der Waals surface area (Å²) in [6, 6.07) is 0.512. The number of rotatable bonds is 6. The monoisotopic (exact) mass is 613 g/mol. The molecule has 6 aliphatic rings. The van der Waals surface area contributed by atoms with Crippen LogP contribution in [0.4, 0.5) is 17.6 Å². The van der Waals surface area contributed by atoms with E-state index in [-0.39, 0.29) is 42.3 Å². The van der Waals surface area contributed by atoms with Gasteiger partial charge in [0.05, 0.1) is 23.9 Å². The Morgan fingerprint density at radius 1 is 0.837 bits per heavy atom. The first-order chi connectivity index (χ1) is 20.7. The third-order valence-electron chi connectivity index (χ3n) is 12.0. The van der Waals surface area contributed by atoms with Gasteiger partial charge >= 0.3 is 6.18 Å². The van der Waals surface area contributed by atoms with Gasteiger partial charge in [0.25, 0.3) is 0 Å². The number of carbonyl (C=O) groups is 1. The molecule has 3 aliphatic carbocycles. The third-order valence-corrected chi connectivity index (χ3v) is 12.0. The van der Waals surface area contributed by atoms with Gasteiger partial charge in [-0.05, 0) is 76.0 Å². The molecule has 3 aliphatic heterocycles. The first-order valence-electron chi connectivity index (χ1n) is 17.8. The lowest BCUT2D eigenvalue weighted by Gasteiger charge is -2.53. The Morgan fingerprint density at radius 3 is 2.19 bits per heavy atom. The van der Waals surface area contributed by atoms with E-state index < -0.39 is 30.6 Å². The smallest absolute Gasteiger partial charge is 0.339 e. The molecule has 43 heavy (non-hydrogen) atoms. The summed E-state index contributed by atoms with van der Waals surface area (Å²) in [4.78, 5) is 17.3. The number of nitrogens with zero attached hydrogens (tertiary/aromatic N) is 2. The molecule has 3 saturated heterocycles. The molecule has 1 amide bonds. The van der Waals surface area contributed by atoms with Crippen molar-refractivity contribution in [3.05, 3.63) is 0 Å². The van der Waals surface area contributed by atoms with Crippen molar-refractivity contribution in [3.8, 4) is 0 Å². The van der Waals surface area contributed by atoms with Gasteiger partial charge in [-0.3, -0.25) is 25.6 Å². The molecule has 0 radical (unpaired) electrons. The molecule has 0 aromatic rings. The molecule has 6 nitrogen and oxygen atoms in total. The average Bonchev–Trinajstić information content (AvgIpc) is 3.76. The summed E-state index contributed by atoms with van der Waals surface area (Å²) in [7, 11) is 0. The second-order valence-corrected chi connectivity index (χ2v) is 14.9. The number of carbonyl (C=O) groups excluding carboxylic acids is 1. The van der Waals surface area contributed by atoms with Crippen molar-refractivity contribution < 1.29 is 22.4 Å². The number of hydrogen-bond donors (Lipinski definition) is 3. The fourth-order valence-electron chi connectivity index (χ4n) is 9.67. The second kappa shape index (κ2) is 13.8. The highest BCUT2D eigenvalue weighted by Gasteiger charge is 2.51. The molecular formula is C33H55F4N5O. The van der Waals surface area contributed by atoms with Gasteiger partial charge in [-0.15, -0.1) is 0 Å². The SMILES string of the molecule is O=C1CC(CNC2NC3(CCCCCCCC3)NC(N3CCCC3C3CCC(C(F)(F)F)CC3)C2F)CN1C1CCCC1. The highest BCUT2D eigenvalue weighted by atomic mass is 19.4. The number of alkyl halides is 4. The zero-order valence-electron chi connectivity index (χ0n) is 26.0. The summed E-state index contributed by atoms with van der Waals surface area (Å²) in [5.41, 5.74) is -0.363. The van der Waals surface area contributed by atoms with Gasteiger partial charge < -0.3 is 4.90 Å². The zero-order valence-corrected chi connectivity index (χ0v) is 26.0. The minimum absolute atomic E-state index is 0.129. The van der Waals surface area contributed by atoms with Gasteiger partial charge in [0.15, 0.2) is 6.17 Å². The van der Waals surface area contributed by atoms with Crippen molar-refractivity contribution in [2.24, 2.45) is 17.8 Å². The van der Waals surface area contributed by atoms with Gasteiger partial charge in [0, 0.05) is 38.1 Å². The molecule has 5 unspecified atom stereocenters. The van der Waals surface area contributed by atoms with Crippen LogP contribution in [0.25, 0.3) is 0 Å². The lowest BCUT2D eigenvalue weighted by atomic mass is 9.77. The molecule has 3 saturated carbocycles. The van der Waals surface area contributed by atoms with E-state index in [4.69, 9.17) is 0 Å². The minimum Gasteiger partial charge on any atom is -0.339 e. The van der Waals surface area contributed by atoms with E-state index in [0.29, 0.717) is 31.8 Å². The van der Waals surface area contributed by atoms with Crippen LogP contribution in [-0.2, 0) is 4.79 Å². The highest BCUT2D eigenvalue weighted by molar-refractivity contribution is 5.79. The van der Waals surface area contributed by atoms with Gasteiger partial charge in [0.1, 0.15) is 0 Å². The second-order valence-electron chi connectivity index (χ2n) is 14.9. The molecule has 1 spiro atoms. The van der Waals surface area contributed by atoms with Crippen LogP contribution in [-0.4, -0.2) is 77.8 Å². The Morgan fingerprint density at radius 2 is 1.51 bits per heavy atom. The van der Waals surface area contributed by atoms with E-state index in [0.717, 1.165) is 64.5 Å². The molecule has 0 aromatic heterocycles. The average molecular weight is 614 g/mol. The molecule has 0 aromatic carbocycles. The van der Waals surface area contributed by atoms with E-state index in [1.807, 2.05) is 0 Å². The van der Waals surface area contributed by atoms with Crippen molar-refractivity contribution in [1.82, 2.24) is 25.8 Å². The number of likely N-dealkylation sites (tertiary alicyclic amines) is 2. The van der Waals surface area contributed by atoms with Crippen molar-refractivity contribution in [1.29, 1.82) is 0 Å². The fraction of sp³-hybridized carbons (Fsp3) is 0.970. The molecule has 6 rings (SSSR count). The molecule has 6 fully saturated rings. The van der Waals surface area contributed by atoms with Crippen LogP contribution in [0.2, 0.25) is 0 Å². The predicted molar refractivity (Wildman–Crippen MR) is 160 cm³/mol. The molecule has 10 heteroatoms. The van der Waals surface area contributed by atoms with Crippen LogP contribution < -0.4 is 16.0 Å². The minimum atomic E-state index is -4.11. The molecule has 3 heterocycles. The van der Waals surface area contributed by atoms with Crippen molar-refractivity contribution in [3.63, 3.8) is 0 Å². The summed E-state index contributed by atoms with van der Waals surface area (Å²) in [5.74, 6) is -0.555. The van der Waals surface area contributed by atoms with Crippen molar-refractivity contribution in [2.75, 3.05) is 19.6 Å². The standard InChI is InChI=1S/C33H55F4N5O/c34-29-30(38-21-23-20-28(43)42(22-23)26-10-5-6-11-26)39-32(17-7-3-1-2-4-8-18-32)40-31(29)41-19-9-12-27(41)24-13-15-25(16-14-24)33(35,36)37/h23-27,29-31,38-40H,1-22H2. The van der Waals surface area contributed by atoms with Gasteiger partial charge in [-0.1, -0.05) is 51.4 Å². The maximum Gasteiger partial charge on any atom is 0.391 e. The maximum atomic E-state index is 16.7. The largest absolute Gasteiger partial charge is 0.391 e. The summed E-state index contributed by atoms with van der Waals surface area (Å²) in [5, 5.41) is 11.1. The van der Waals surface area contributed by atoms with Crippen LogP contribution >= 0.6 is 0 Å². The summed E-state index contributed by atoms with van der Waals surface area (Å²) in [6.45, 7) is 2.17. The predicted octanol–water partition coefficient (Wildman–Crippen LogP) is 6.21. The summed E-state index contributed by atoms with van der Waals surface area (Å²) >= 11 is 0. The first kappa shape index (κ1) is 32.0. The van der Waals surface area contributed by atoms with E-state index in [2.05, 4.69) is 25.8 Å². The maximum absolute atomic E-state index is 16.7. The summed E-state index contributed by atoms with van der Waals surface area (Å²) < 4.78 is 56.9. The number of nitrogens with one attached hydrogen (secondary N) is 3. The number of halogens is 4. The molecule has 0 bridgehead atoms. The molecular weight excluding hydrogens is 558 g/mol. The van der Waals surface area contributed by atoms with Crippen LogP contribution in [0.15, 0.2) is 0 Å². The number of amides is 1. The van der Waals surface area contributed by atoms with E-state index in [1.165, 1.54) is 38.5 Å².